The largest absolute Gasteiger partial charge is 0.310 e. The fraction of sp³-hybridized carbons (Fsp3) is 0.105. The second-order valence-electron chi connectivity index (χ2n) is 11.5. The van der Waals surface area contributed by atoms with E-state index in [4.69, 9.17) is 4.11 Å². The van der Waals surface area contributed by atoms with Crippen molar-refractivity contribution in [3.63, 3.8) is 0 Å². The molecule has 0 fully saturated rings. The summed E-state index contributed by atoms with van der Waals surface area (Å²) in [5.41, 5.74) is 5.66. The molecule has 8 rings (SSSR count). The van der Waals surface area contributed by atoms with Crippen LogP contribution in [0.15, 0.2) is 127 Å². The molecule has 2 heteroatoms. The number of hydrogen-bond acceptors (Lipinski definition) is 1. The zero-order valence-corrected chi connectivity index (χ0v) is 22.6. The topological polar surface area (TPSA) is 7.65 Å². The van der Waals surface area contributed by atoms with Crippen molar-refractivity contribution >= 4 is 65.9 Å². The lowest BCUT2D eigenvalue weighted by Gasteiger charge is -2.33. The van der Waals surface area contributed by atoms with Gasteiger partial charge in [-0.15, -0.1) is 0 Å². The average Bonchev–Trinajstić information content (AvgIpc) is 3.56. The molecule has 192 valence electrons. The standard InChI is InChI=1S/C38H30N2/c1-38(2,3)33-22-21-25-13-7-8-16-28(25)37(33)39(26-14-5-4-6-15-26)27-23-31-29-17-9-11-19-34(29)40-35-20-12-10-18-30(35)32(24-27)36(31)40/h4-24H,1-3H3/i4D,5D,6D,14D,15D. The van der Waals surface area contributed by atoms with E-state index in [2.05, 4.69) is 98.0 Å². The summed E-state index contributed by atoms with van der Waals surface area (Å²) in [6, 6.07) is 31.7. The van der Waals surface area contributed by atoms with E-state index in [-0.39, 0.29) is 35.3 Å². The maximum atomic E-state index is 9.17. The van der Waals surface area contributed by atoms with Gasteiger partial charge in [0.05, 0.1) is 29.1 Å². The number of hydrogen-bond donors (Lipinski definition) is 0. The van der Waals surface area contributed by atoms with E-state index in [1.807, 2.05) is 29.2 Å². The Morgan fingerprint density at radius 1 is 0.600 bits per heavy atom. The van der Waals surface area contributed by atoms with Crippen molar-refractivity contribution in [3.8, 4) is 0 Å². The summed E-state index contributed by atoms with van der Waals surface area (Å²) >= 11 is 0. The quantitative estimate of drug-likeness (QED) is 0.225. The van der Waals surface area contributed by atoms with E-state index >= 15 is 0 Å². The molecule has 8 aromatic rings. The Morgan fingerprint density at radius 3 is 1.80 bits per heavy atom. The van der Waals surface area contributed by atoms with Crippen LogP contribution in [0.5, 0.6) is 0 Å². The van der Waals surface area contributed by atoms with Gasteiger partial charge in [-0.05, 0) is 52.7 Å². The Morgan fingerprint density at radius 2 is 1.18 bits per heavy atom. The van der Waals surface area contributed by atoms with Crippen LogP contribution in [0.4, 0.5) is 17.1 Å². The number of rotatable bonds is 3. The zero-order valence-electron chi connectivity index (χ0n) is 27.6. The van der Waals surface area contributed by atoms with E-state index in [1.165, 1.54) is 0 Å². The monoisotopic (exact) mass is 519 g/mol. The number of anilines is 3. The third-order valence-electron chi connectivity index (χ3n) is 8.09. The van der Waals surface area contributed by atoms with Gasteiger partial charge in [0.25, 0.3) is 0 Å². The molecule has 2 aromatic heterocycles. The van der Waals surface area contributed by atoms with Crippen molar-refractivity contribution in [1.29, 1.82) is 0 Å². The van der Waals surface area contributed by atoms with Gasteiger partial charge in [-0.1, -0.05) is 112 Å². The van der Waals surface area contributed by atoms with Crippen molar-refractivity contribution in [2.75, 3.05) is 4.90 Å². The molecule has 2 heterocycles. The molecule has 6 aromatic carbocycles. The molecule has 0 saturated heterocycles. The Labute approximate surface area is 241 Å². The van der Waals surface area contributed by atoms with Crippen LogP contribution < -0.4 is 4.90 Å². The number of nitrogens with zero attached hydrogens (tertiary/aromatic N) is 2. The number of para-hydroxylation sites is 3. The first-order valence-corrected chi connectivity index (χ1v) is 13.6. The Kier molecular flexibility index (Phi) is 3.85. The highest BCUT2D eigenvalue weighted by Crippen LogP contribution is 2.48. The molecule has 40 heavy (non-hydrogen) atoms. The van der Waals surface area contributed by atoms with E-state index in [1.54, 1.807) is 0 Å². The SMILES string of the molecule is [2H]c1c([2H])c([2H])c(N(c2cc3c4ccccc4n4c5ccccc5c(c2)c34)c2c(C(C)(C)C)ccc3ccccc23)c([2H])c1[2H]. The normalized spacial score (nSPS) is 14.1. The van der Waals surface area contributed by atoms with Crippen LogP contribution in [0.25, 0.3) is 48.9 Å². The third-order valence-corrected chi connectivity index (χ3v) is 8.09. The van der Waals surface area contributed by atoms with E-state index in [0.717, 1.165) is 65.8 Å². The lowest BCUT2D eigenvalue weighted by atomic mass is 9.83. The van der Waals surface area contributed by atoms with E-state index < -0.39 is 6.04 Å². The average molecular weight is 520 g/mol. The highest BCUT2D eigenvalue weighted by molar-refractivity contribution is 6.24. The van der Waals surface area contributed by atoms with Crippen molar-refractivity contribution in [2.45, 2.75) is 26.2 Å². The summed E-state index contributed by atoms with van der Waals surface area (Å²) in [4.78, 5) is 1.92. The summed E-state index contributed by atoms with van der Waals surface area (Å²) < 4.78 is 46.3. The van der Waals surface area contributed by atoms with E-state index in [9.17, 15) is 2.74 Å². The lowest BCUT2D eigenvalue weighted by Crippen LogP contribution is -2.19. The highest BCUT2D eigenvalue weighted by Gasteiger charge is 2.27. The van der Waals surface area contributed by atoms with E-state index in [0.29, 0.717) is 0 Å². The second-order valence-corrected chi connectivity index (χ2v) is 11.5. The van der Waals surface area contributed by atoms with Gasteiger partial charge in [-0.2, -0.15) is 0 Å². The number of aromatic nitrogens is 1. The van der Waals surface area contributed by atoms with Gasteiger partial charge in [0.2, 0.25) is 0 Å². The summed E-state index contributed by atoms with van der Waals surface area (Å²) in [5, 5.41) is 6.23. The number of benzene rings is 6. The highest BCUT2D eigenvalue weighted by atomic mass is 15.1. The maximum absolute atomic E-state index is 9.17. The molecule has 0 saturated carbocycles. The summed E-state index contributed by atoms with van der Waals surface area (Å²) in [6.45, 7) is 6.44. The van der Waals surface area contributed by atoms with Gasteiger partial charge in [-0.3, -0.25) is 0 Å². The third kappa shape index (κ3) is 3.23. The molecule has 0 aliphatic rings. The van der Waals surface area contributed by atoms with Crippen LogP contribution in [0, 0.1) is 0 Å². The lowest BCUT2D eigenvalue weighted by molar-refractivity contribution is 0.592. The fourth-order valence-electron chi connectivity index (χ4n) is 6.39. The molecule has 0 N–H and O–H groups in total. The minimum atomic E-state index is -0.409. The molecule has 0 radical (unpaired) electrons. The van der Waals surface area contributed by atoms with Gasteiger partial charge in [0, 0.05) is 38.3 Å². The molecule has 0 atom stereocenters. The van der Waals surface area contributed by atoms with Crippen molar-refractivity contribution in [2.24, 2.45) is 0 Å². The maximum Gasteiger partial charge on any atom is 0.0645 e. The summed E-state index contributed by atoms with van der Waals surface area (Å²) in [6.07, 6.45) is 0. The van der Waals surface area contributed by atoms with Gasteiger partial charge in [0.1, 0.15) is 0 Å². The van der Waals surface area contributed by atoms with Crippen molar-refractivity contribution in [1.82, 2.24) is 4.40 Å². The van der Waals surface area contributed by atoms with Crippen LogP contribution in [0.2, 0.25) is 0 Å². The number of fused-ring (bicyclic) bond motifs is 7. The van der Waals surface area contributed by atoms with Crippen LogP contribution in [0.1, 0.15) is 33.2 Å². The Hall–Kier alpha value is -4.82. The molecular weight excluding hydrogens is 484 g/mol. The van der Waals surface area contributed by atoms with Gasteiger partial charge < -0.3 is 9.30 Å². The van der Waals surface area contributed by atoms with Crippen LogP contribution >= 0.6 is 0 Å². The first kappa shape index (κ1) is 18.5. The Bertz CT molecular complexity index is 2380. The predicted molar refractivity (Wildman–Crippen MR) is 172 cm³/mol. The molecule has 2 nitrogen and oxygen atoms in total. The van der Waals surface area contributed by atoms with Crippen LogP contribution in [0.3, 0.4) is 0 Å². The minimum Gasteiger partial charge on any atom is -0.310 e. The minimum absolute atomic E-state index is 0.129. The zero-order chi connectivity index (χ0) is 31.4. The second kappa shape index (κ2) is 8.34. The smallest absolute Gasteiger partial charge is 0.0645 e. The molecular formula is C38H30N2. The molecule has 0 amide bonds. The predicted octanol–water partition coefficient (Wildman–Crippen LogP) is 10.8. The molecule has 0 aliphatic heterocycles. The van der Waals surface area contributed by atoms with Crippen LogP contribution in [-0.2, 0) is 5.41 Å². The summed E-state index contributed by atoms with van der Waals surface area (Å²) in [7, 11) is 0. The van der Waals surface area contributed by atoms with Gasteiger partial charge >= 0.3 is 0 Å². The molecule has 0 spiro atoms. The first-order chi connectivity index (χ1) is 21.6. The van der Waals surface area contributed by atoms with Crippen molar-refractivity contribution < 1.29 is 6.85 Å². The first-order valence-electron chi connectivity index (χ1n) is 16.1. The molecule has 0 bridgehead atoms. The molecule has 0 unspecified atom stereocenters. The Balaban J connectivity index is 1.61. The molecule has 0 aliphatic carbocycles. The van der Waals surface area contributed by atoms with Gasteiger partial charge in [-0.25, -0.2) is 0 Å². The van der Waals surface area contributed by atoms with Gasteiger partial charge in [0.15, 0.2) is 0 Å². The fourth-order valence-corrected chi connectivity index (χ4v) is 6.39. The summed E-state index contributed by atoms with van der Waals surface area (Å²) in [5.74, 6) is 0. The van der Waals surface area contributed by atoms with Crippen LogP contribution in [-0.4, -0.2) is 4.40 Å². The van der Waals surface area contributed by atoms with Crippen molar-refractivity contribution in [3.05, 3.63) is 133 Å².